The van der Waals surface area contributed by atoms with E-state index in [1.807, 2.05) is 106 Å². The van der Waals surface area contributed by atoms with E-state index in [1.54, 1.807) is 11.3 Å². The highest BCUT2D eigenvalue weighted by Gasteiger charge is 2.30. The Hall–Kier alpha value is -17.1. The van der Waals surface area contributed by atoms with Crippen molar-refractivity contribution in [3.8, 4) is 74.0 Å². The van der Waals surface area contributed by atoms with E-state index in [0.29, 0.717) is 23.4 Å². The zero-order valence-corrected chi connectivity index (χ0v) is 74.3. The normalized spacial score (nSPS) is 12.8. The van der Waals surface area contributed by atoms with E-state index < -0.39 is 0 Å². The van der Waals surface area contributed by atoms with Crippen LogP contribution in [0.3, 0.4) is 0 Å². The summed E-state index contributed by atoms with van der Waals surface area (Å²) in [7, 11) is 0. The Kier molecular flexibility index (Phi) is 15.6. The third-order valence-electron chi connectivity index (χ3n) is 27.6. The summed E-state index contributed by atoms with van der Waals surface area (Å²) in [4.78, 5) is 33.1. The van der Waals surface area contributed by atoms with Crippen LogP contribution >= 0.6 is 34.0 Å². The van der Waals surface area contributed by atoms with Crippen LogP contribution in [0.2, 0.25) is 0 Å². The number of thiophene rings is 3. The van der Waals surface area contributed by atoms with Gasteiger partial charge in [-0.3, -0.25) is 9.13 Å². The number of hydrogen-bond donors (Lipinski definition) is 2. The first-order valence-corrected chi connectivity index (χ1v) is 47.8. The predicted molar refractivity (Wildman–Crippen MR) is 571 cm³/mol. The molecule has 0 saturated heterocycles. The molecule has 13 heteroatoms. The summed E-state index contributed by atoms with van der Waals surface area (Å²) in [6.07, 6.45) is 0.913. The highest BCUT2D eigenvalue weighted by atomic mass is 32.1. The molecule has 628 valence electrons. The van der Waals surface area contributed by atoms with E-state index in [0.717, 1.165) is 99.7 Å². The SMILES string of the molecule is [2H]c1c([2H])c([2H])c(-n2c3ccccc3c3cc4c(cc32)sc2c3ccccc3c3c(c42)-c2ccccc2C3)c([2H])c1[2H].c1ccc(-c2cc(-n3c4ccccc4c4cc5c(cc43)sc3c4ccccc4c4[nH]c6ccccc6c4c53)nc(-c3ccccc3)n2)cc1.c1ccc(-c2nc(-c3ccccc3)nc(-n3c4ccccc4c4cc5c(cc43)sc3c4ccccc4c4[nH]c6ccccc6c4c53)n2)cc1. The van der Waals surface area contributed by atoms with Gasteiger partial charge in [-0.2, -0.15) is 9.97 Å². The van der Waals surface area contributed by atoms with Crippen LogP contribution in [-0.2, 0) is 6.42 Å². The molecule has 2 N–H and O–H groups in total. The van der Waals surface area contributed by atoms with Crippen LogP contribution < -0.4 is 0 Å². The van der Waals surface area contributed by atoms with Crippen LogP contribution in [0, 0.1) is 0 Å². The Morgan fingerprint density at radius 2 is 0.644 bits per heavy atom. The van der Waals surface area contributed by atoms with Crippen molar-refractivity contribution >= 4 is 236 Å². The number of aromatic amines is 2. The topological polar surface area (TPSA) is 111 Å². The smallest absolute Gasteiger partial charge is 0.238 e. The molecule has 0 radical (unpaired) electrons. The maximum absolute atomic E-state index is 8.77. The van der Waals surface area contributed by atoms with Crippen molar-refractivity contribution in [1.29, 1.82) is 0 Å². The molecular formula is C122H72N10S3. The number of nitrogens with zero attached hydrogens (tertiary/aromatic N) is 8. The van der Waals surface area contributed by atoms with Gasteiger partial charge >= 0.3 is 0 Å². The average molecular weight is 1780 g/mol. The van der Waals surface area contributed by atoms with Crippen LogP contribution in [0.25, 0.3) is 276 Å². The Balaban J connectivity index is 0.000000101. The minimum atomic E-state index is -0.387. The largest absolute Gasteiger partial charge is 0.354 e. The van der Waals surface area contributed by atoms with E-state index >= 15 is 0 Å². The first-order chi connectivity index (χ1) is 69.0. The standard InChI is InChI=1S/C44H26N4S.C43H25N5S.C35H21NS/c1-3-13-26(14-4-1)35-24-39(47-44(46-35)27-15-5-2-6-16-27)48-36-22-12-10-17-28(36)32-23-33-38(25-37(32)48)49-43-30-19-8-7-18-29(30)42-40(41(33)43)31-20-9-11-21-34(31)45-42;1-3-13-25(14-4-1)41-45-42(26-15-5-2-6-16-26)47-43(46-41)48-34-22-12-10-17-27(34)31-23-32-36(24-35(31)48)49-40-29-19-8-7-18-28(29)39-37(38(32)40)30-20-9-11-21-33(30)44-39;1-2-11-22(12-3-1)36-30-17-9-8-15-25(30)27-19-29-32(20-31(27)36)37-35-26-16-7-6-14-24(26)28-18-21-10-4-5-13-23(21)33(28)34(29)35/h1-25,45H;1-24,44H;1-17,19-20H,18H2/i;;1D,2D,3D,11D,12D. The molecule has 10 aromatic heterocycles. The summed E-state index contributed by atoms with van der Waals surface area (Å²) in [6.45, 7) is 0. The molecule has 10 heterocycles. The molecule has 20 aromatic carbocycles. The van der Waals surface area contributed by atoms with Gasteiger partial charge in [-0.05, 0) is 118 Å². The molecule has 0 bridgehead atoms. The number of rotatable bonds is 7. The molecule has 135 heavy (non-hydrogen) atoms. The van der Waals surface area contributed by atoms with Gasteiger partial charge in [0.15, 0.2) is 17.5 Å². The number of hydrogen-bond acceptors (Lipinski definition) is 8. The number of H-pyrrole nitrogens is 2. The molecule has 0 saturated carbocycles. The minimum absolute atomic E-state index is 0.174. The van der Waals surface area contributed by atoms with E-state index in [4.69, 9.17) is 31.8 Å². The fraction of sp³-hybridized carbons (Fsp3) is 0.00820. The fourth-order valence-corrected chi connectivity index (χ4v) is 25.6. The van der Waals surface area contributed by atoms with Gasteiger partial charge in [-0.1, -0.05) is 328 Å². The van der Waals surface area contributed by atoms with Crippen LogP contribution in [-0.4, -0.2) is 48.6 Å². The molecule has 0 amide bonds. The van der Waals surface area contributed by atoms with Crippen molar-refractivity contribution in [2.75, 3.05) is 0 Å². The van der Waals surface area contributed by atoms with Gasteiger partial charge in [0, 0.05) is 181 Å². The van der Waals surface area contributed by atoms with E-state index in [9.17, 15) is 0 Å². The number of aromatic nitrogens is 10. The Bertz CT molecular complexity index is 10000. The molecule has 30 aromatic rings. The average Bonchev–Trinajstić information content (AvgIpc) is 1.54. The van der Waals surface area contributed by atoms with E-state index in [-0.39, 0.29) is 35.9 Å². The molecule has 0 atom stereocenters. The van der Waals surface area contributed by atoms with Crippen molar-refractivity contribution in [2.45, 2.75) is 6.42 Å². The number of benzene rings is 20. The molecule has 0 aliphatic heterocycles. The van der Waals surface area contributed by atoms with Crippen molar-refractivity contribution < 1.29 is 6.85 Å². The second-order valence-electron chi connectivity index (χ2n) is 34.9. The Morgan fingerprint density at radius 3 is 1.16 bits per heavy atom. The lowest BCUT2D eigenvalue weighted by Crippen LogP contribution is -2.06. The van der Waals surface area contributed by atoms with Crippen LogP contribution in [0.1, 0.15) is 18.0 Å². The number of nitrogens with one attached hydrogen (secondary N) is 2. The van der Waals surface area contributed by atoms with Gasteiger partial charge in [0.25, 0.3) is 0 Å². The lowest BCUT2D eigenvalue weighted by Gasteiger charge is -2.12. The second-order valence-corrected chi connectivity index (χ2v) is 38.1. The molecule has 0 fully saturated rings. The summed E-state index contributed by atoms with van der Waals surface area (Å²) < 4.78 is 56.2. The van der Waals surface area contributed by atoms with Crippen LogP contribution in [0.4, 0.5) is 0 Å². The number of fused-ring (bicyclic) bond motifs is 39. The molecule has 1 aliphatic rings. The first kappa shape index (κ1) is 70.8. The predicted octanol–water partition coefficient (Wildman–Crippen LogP) is 33.4. The number of para-hydroxylation sites is 6. The summed E-state index contributed by atoms with van der Waals surface area (Å²) in [5.41, 5.74) is 21.1. The van der Waals surface area contributed by atoms with Crippen LogP contribution in [0.5, 0.6) is 0 Å². The fourth-order valence-electron chi connectivity index (χ4n) is 21.8. The van der Waals surface area contributed by atoms with Crippen molar-refractivity contribution in [1.82, 2.24) is 48.6 Å². The van der Waals surface area contributed by atoms with Gasteiger partial charge in [0.1, 0.15) is 5.82 Å². The third-order valence-corrected chi connectivity index (χ3v) is 31.1. The molecular weight excluding hydrogens is 1700 g/mol. The van der Waals surface area contributed by atoms with Gasteiger partial charge < -0.3 is 14.5 Å². The quantitative estimate of drug-likeness (QED) is 0.165. The molecule has 10 nitrogen and oxygen atoms in total. The molecule has 31 rings (SSSR count). The maximum Gasteiger partial charge on any atom is 0.238 e. The highest BCUT2D eigenvalue weighted by molar-refractivity contribution is 7.28. The summed E-state index contributed by atoms with van der Waals surface area (Å²) in [5, 5.41) is 27.1. The Labute approximate surface area is 789 Å². The maximum atomic E-state index is 8.77. The molecule has 0 unspecified atom stereocenters. The highest BCUT2D eigenvalue weighted by Crippen LogP contribution is 2.55. The summed E-state index contributed by atoms with van der Waals surface area (Å²) in [6, 6.07) is 133. The van der Waals surface area contributed by atoms with Crippen molar-refractivity contribution in [2.24, 2.45) is 0 Å². The van der Waals surface area contributed by atoms with Gasteiger partial charge in [-0.15, -0.1) is 34.0 Å². The lowest BCUT2D eigenvalue weighted by atomic mass is 9.93. The van der Waals surface area contributed by atoms with E-state index in [2.05, 4.69) is 322 Å². The Morgan fingerprint density at radius 1 is 0.267 bits per heavy atom. The summed E-state index contributed by atoms with van der Waals surface area (Å²) >= 11 is 5.52. The first-order valence-electron chi connectivity index (χ1n) is 47.8. The zero-order valence-electron chi connectivity index (χ0n) is 76.9. The van der Waals surface area contributed by atoms with Crippen molar-refractivity contribution in [3.63, 3.8) is 0 Å². The molecule has 0 spiro atoms. The monoisotopic (exact) mass is 1780 g/mol. The summed E-state index contributed by atoms with van der Waals surface area (Å²) in [5.74, 6) is 3.45. The zero-order chi connectivity index (χ0) is 92.5. The van der Waals surface area contributed by atoms with Crippen molar-refractivity contribution in [3.05, 3.63) is 424 Å². The van der Waals surface area contributed by atoms with E-state index in [1.165, 1.54) is 165 Å². The molecule has 1 aliphatic carbocycles. The minimum Gasteiger partial charge on any atom is -0.354 e. The third kappa shape index (κ3) is 11.5. The van der Waals surface area contributed by atoms with Gasteiger partial charge in [0.05, 0.1) is 56.7 Å². The second kappa shape index (κ2) is 29.7. The van der Waals surface area contributed by atoms with Crippen LogP contribution in [0.15, 0.2) is 412 Å². The van der Waals surface area contributed by atoms with Gasteiger partial charge in [-0.25, -0.2) is 15.0 Å². The lowest BCUT2D eigenvalue weighted by molar-refractivity contribution is 0.954. The van der Waals surface area contributed by atoms with Gasteiger partial charge in [0.2, 0.25) is 5.95 Å².